The van der Waals surface area contributed by atoms with Crippen LogP contribution >= 0.6 is 12.4 Å². The predicted octanol–water partition coefficient (Wildman–Crippen LogP) is 3.07. The standard InChI is InChI=1S/C20H22F2N2O4.ClH/c1-20(2,8-11-3-4-14(21)15(22)5-11)23-9-17(26)13-6-12(25)7-16-19(13)28-10-18(27)24-16;/h3-7,17,23,25-26H,8-10H2,1-2H3,(H,24,27);1H. The van der Waals surface area contributed by atoms with Gasteiger partial charge in [0, 0.05) is 23.7 Å². The van der Waals surface area contributed by atoms with Crippen molar-refractivity contribution in [3.05, 3.63) is 53.1 Å². The van der Waals surface area contributed by atoms with Gasteiger partial charge in [-0.15, -0.1) is 12.4 Å². The molecule has 2 aromatic carbocycles. The monoisotopic (exact) mass is 428 g/mol. The first-order chi connectivity index (χ1) is 13.1. The van der Waals surface area contributed by atoms with Crippen molar-refractivity contribution < 1.29 is 28.5 Å². The molecule has 0 aliphatic carbocycles. The number of nitrogens with one attached hydrogen (secondary N) is 2. The second kappa shape index (κ2) is 8.94. The fourth-order valence-electron chi connectivity index (χ4n) is 3.17. The fraction of sp³-hybridized carbons (Fsp3) is 0.350. The average Bonchev–Trinajstić information content (AvgIpc) is 2.61. The lowest BCUT2D eigenvalue weighted by atomic mass is 9.94. The first-order valence-electron chi connectivity index (χ1n) is 8.81. The van der Waals surface area contributed by atoms with Gasteiger partial charge < -0.3 is 25.6 Å². The van der Waals surface area contributed by atoms with E-state index in [1.807, 2.05) is 13.8 Å². The molecule has 0 saturated heterocycles. The van der Waals surface area contributed by atoms with Crippen molar-refractivity contribution in [2.45, 2.75) is 31.9 Å². The summed E-state index contributed by atoms with van der Waals surface area (Å²) in [6.07, 6.45) is -0.623. The molecule has 1 aliphatic rings. The highest BCUT2D eigenvalue weighted by Gasteiger charge is 2.26. The van der Waals surface area contributed by atoms with Gasteiger partial charge in [-0.25, -0.2) is 8.78 Å². The molecular formula is C20H23ClF2N2O4. The van der Waals surface area contributed by atoms with E-state index in [1.165, 1.54) is 18.2 Å². The van der Waals surface area contributed by atoms with Gasteiger partial charge in [0.15, 0.2) is 18.2 Å². The van der Waals surface area contributed by atoms with Crippen LogP contribution < -0.4 is 15.4 Å². The lowest BCUT2D eigenvalue weighted by Gasteiger charge is -2.29. The minimum absolute atomic E-state index is 0. The first kappa shape index (κ1) is 22.9. The van der Waals surface area contributed by atoms with Crippen LogP contribution in [0.1, 0.15) is 31.1 Å². The molecular weight excluding hydrogens is 406 g/mol. The molecule has 0 saturated carbocycles. The quantitative estimate of drug-likeness (QED) is 0.567. The second-order valence-electron chi connectivity index (χ2n) is 7.45. The highest BCUT2D eigenvalue weighted by molar-refractivity contribution is 5.96. The normalized spacial score (nSPS) is 14.3. The molecule has 29 heavy (non-hydrogen) atoms. The van der Waals surface area contributed by atoms with Crippen LogP contribution in [0.15, 0.2) is 30.3 Å². The Labute approximate surface area is 173 Å². The van der Waals surface area contributed by atoms with Gasteiger partial charge in [-0.3, -0.25) is 4.79 Å². The summed E-state index contributed by atoms with van der Waals surface area (Å²) in [6.45, 7) is 3.68. The van der Waals surface area contributed by atoms with E-state index in [0.717, 1.165) is 12.1 Å². The van der Waals surface area contributed by atoms with Crippen LogP contribution in [-0.2, 0) is 11.2 Å². The van der Waals surface area contributed by atoms with Crippen molar-refractivity contribution in [2.24, 2.45) is 0 Å². The highest BCUT2D eigenvalue weighted by Crippen LogP contribution is 2.38. The molecule has 0 aromatic heterocycles. The summed E-state index contributed by atoms with van der Waals surface area (Å²) < 4.78 is 31.9. The Kier molecular flexibility index (Phi) is 7.05. The van der Waals surface area contributed by atoms with Crippen molar-refractivity contribution in [3.8, 4) is 11.5 Å². The van der Waals surface area contributed by atoms with Gasteiger partial charge in [0.1, 0.15) is 11.5 Å². The van der Waals surface area contributed by atoms with Gasteiger partial charge in [-0.1, -0.05) is 6.07 Å². The van der Waals surface area contributed by atoms with Crippen LogP contribution in [0.4, 0.5) is 14.5 Å². The van der Waals surface area contributed by atoms with Gasteiger partial charge in [0.05, 0.1) is 11.8 Å². The molecule has 6 nitrogen and oxygen atoms in total. The molecule has 1 atom stereocenters. The molecule has 158 valence electrons. The number of hydrogen-bond donors (Lipinski definition) is 4. The number of hydrogen-bond acceptors (Lipinski definition) is 5. The molecule has 0 fully saturated rings. The zero-order valence-electron chi connectivity index (χ0n) is 16.0. The molecule has 1 unspecified atom stereocenters. The number of halogens is 3. The number of benzene rings is 2. The van der Waals surface area contributed by atoms with Crippen LogP contribution in [0.5, 0.6) is 11.5 Å². The Balaban J connectivity index is 0.00000300. The Morgan fingerprint density at radius 1 is 1.24 bits per heavy atom. The molecule has 9 heteroatoms. The van der Waals surface area contributed by atoms with Gasteiger partial charge in [-0.05, 0) is 44.0 Å². The zero-order valence-corrected chi connectivity index (χ0v) is 16.8. The van der Waals surface area contributed by atoms with E-state index in [-0.39, 0.29) is 37.2 Å². The van der Waals surface area contributed by atoms with Crippen molar-refractivity contribution in [3.63, 3.8) is 0 Å². The molecule has 1 heterocycles. The number of phenolic OH excluding ortho intramolecular Hbond substituents is 1. The van der Waals surface area contributed by atoms with E-state index >= 15 is 0 Å². The topological polar surface area (TPSA) is 90.8 Å². The summed E-state index contributed by atoms with van der Waals surface area (Å²) in [4.78, 5) is 11.5. The number of anilines is 1. The number of amides is 1. The third-order valence-electron chi connectivity index (χ3n) is 4.49. The molecule has 0 radical (unpaired) electrons. The molecule has 1 aliphatic heterocycles. The van der Waals surface area contributed by atoms with Crippen LogP contribution in [0, 0.1) is 11.6 Å². The van der Waals surface area contributed by atoms with Gasteiger partial charge in [0.2, 0.25) is 0 Å². The van der Waals surface area contributed by atoms with Crippen LogP contribution in [0.3, 0.4) is 0 Å². The van der Waals surface area contributed by atoms with Crippen molar-refractivity contribution >= 4 is 24.0 Å². The SMILES string of the molecule is CC(C)(Cc1ccc(F)c(F)c1)NCC(O)c1cc(O)cc2c1OCC(=O)N2.Cl. The number of phenols is 1. The summed E-state index contributed by atoms with van der Waals surface area (Å²) in [6, 6.07) is 6.48. The van der Waals surface area contributed by atoms with Crippen molar-refractivity contribution in [2.75, 3.05) is 18.5 Å². The molecule has 0 spiro atoms. The number of β-amino-alcohol motifs (C(OH)–C–C–N with tert-alkyl or cyclic N) is 1. The first-order valence-corrected chi connectivity index (χ1v) is 8.81. The molecule has 3 rings (SSSR count). The second-order valence-corrected chi connectivity index (χ2v) is 7.45. The number of ether oxygens (including phenoxy) is 1. The molecule has 2 aromatic rings. The molecule has 4 N–H and O–H groups in total. The van der Waals surface area contributed by atoms with Crippen molar-refractivity contribution in [1.29, 1.82) is 0 Å². The number of aliphatic hydroxyl groups is 1. The number of aromatic hydroxyl groups is 1. The Morgan fingerprint density at radius 2 is 1.97 bits per heavy atom. The van der Waals surface area contributed by atoms with E-state index in [4.69, 9.17) is 4.74 Å². The van der Waals surface area contributed by atoms with E-state index < -0.39 is 23.3 Å². The van der Waals surface area contributed by atoms with Crippen LogP contribution in [0.25, 0.3) is 0 Å². The number of carbonyl (C=O) groups is 1. The number of rotatable bonds is 6. The molecule has 1 amide bonds. The highest BCUT2D eigenvalue weighted by atomic mass is 35.5. The maximum atomic E-state index is 13.4. The van der Waals surface area contributed by atoms with Crippen molar-refractivity contribution in [1.82, 2.24) is 5.32 Å². The lowest BCUT2D eigenvalue weighted by Crippen LogP contribution is -2.43. The fourth-order valence-corrected chi connectivity index (χ4v) is 3.17. The van der Waals surface area contributed by atoms with E-state index in [0.29, 0.717) is 29.0 Å². The van der Waals surface area contributed by atoms with E-state index in [2.05, 4.69) is 10.6 Å². The zero-order chi connectivity index (χ0) is 20.5. The summed E-state index contributed by atoms with van der Waals surface area (Å²) in [5.74, 6) is -1.95. The van der Waals surface area contributed by atoms with Gasteiger partial charge in [0.25, 0.3) is 5.91 Å². The van der Waals surface area contributed by atoms with Gasteiger partial charge in [-0.2, -0.15) is 0 Å². The largest absolute Gasteiger partial charge is 0.508 e. The maximum absolute atomic E-state index is 13.4. The predicted molar refractivity (Wildman–Crippen MR) is 107 cm³/mol. The minimum Gasteiger partial charge on any atom is -0.508 e. The minimum atomic E-state index is -1.03. The number of aliphatic hydroxyl groups excluding tert-OH is 1. The Hall–Kier alpha value is -2.42. The summed E-state index contributed by atoms with van der Waals surface area (Å²) in [7, 11) is 0. The van der Waals surface area contributed by atoms with Crippen LogP contribution in [0.2, 0.25) is 0 Å². The smallest absolute Gasteiger partial charge is 0.262 e. The number of fused-ring (bicyclic) bond motifs is 1. The van der Waals surface area contributed by atoms with Gasteiger partial charge >= 0.3 is 0 Å². The Bertz CT molecular complexity index is 908. The Morgan fingerprint density at radius 3 is 2.66 bits per heavy atom. The average molecular weight is 429 g/mol. The third kappa shape index (κ3) is 5.56. The summed E-state index contributed by atoms with van der Waals surface area (Å²) in [5.41, 5.74) is 0.723. The lowest BCUT2D eigenvalue weighted by molar-refractivity contribution is -0.118. The maximum Gasteiger partial charge on any atom is 0.262 e. The summed E-state index contributed by atoms with van der Waals surface area (Å²) in [5, 5.41) is 26.2. The van der Waals surface area contributed by atoms with E-state index in [1.54, 1.807) is 0 Å². The third-order valence-corrected chi connectivity index (χ3v) is 4.49. The van der Waals surface area contributed by atoms with E-state index in [9.17, 15) is 23.8 Å². The number of carbonyl (C=O) groups excluding carboxylic acids is 1. The summed E-state index contributed by atoms with van der Waals surface area (Å²) >= 11 is 0. The van der Waals surface area contributed by atoms with Crippen LogP contribution in [-0.4, -0.2) is 34.8 Å². The molecule has 0 bridgehead atoms.